The van der Waals surface area contributed by atoms with E-state index in [9.17, 15) is 14.4 Å². The van der Waals surface area contributed by atoms with Gasteiger partial charge in [-0.15, -0.1) is 0 Å². The second kappa shape index (κ2) is 10.2. The number of carbonyl (C=O) groups is 1. The fraction of sp³-hybridized carbons (Fsp3) is 0.125. The van der Waals surface area contributed by atoms with Gasteiger partial charge in [-0.3, -0.25) is 19.3 Å². The lowest BCUT2D eigenvalue weighted by Crippen LogP contribution is -2.50. The number of carboxylic acids is 1. The van der Waals surface area contributed by atoms with Gasteiger partial charge in [0, 0.05) is 10.7 Å². The summed E-state index contributed by atoms with van der Waals surface area (Å²) in [6, 6.07) is 17.1. The van der Waals surface area contributed by atoms with E-state index in [-0.39, 0.29) is 12.2 Å². The van der Waals surface area contributed by atoms with E-state index < -0.39 is 23.9 Å². The number of carboxylic acid groups (broad SMARTS) is 1. The van der Waals surface area contributed by atoms with Gasteiger partial charge in [0.25, 0.3) is 0 Å². The van der Waals surface area contributed by atoms with Crippen LogP contribution in [-0.4, -0.2) is 30.2 Å². The summed E-state index contributed by atoms with van der Waals surface area (Å²) < 4.78 is 7.55. The Bertz CT molecular complexity index is 1540. The van der Waals surface area contributed by atoms with Crippen molar-refractivity contribution in [3.63, 3.8) is 0 Å². The molecule has 0 spiro atoms. The second-order valence-corrected chi connectivity index (χ2v) is 8.01. The van der Waals surface area contributed by atoms with Crippen LogP contribution in [0.4, 0.5) is 5.69 Å². The number of nitrogens with zero attached hydrogens (tertiary/aromatic N) is 4. The number of rotatable bonds is 7. The van der Waals surface area contributed by atoms with Gasteiger partial charge < -0.3 is 9.84 Å². The molecular weight excluding hydrogens is 474 g/mol. The number of ether oxygens (including phenoxy) is 1. The zero-order chi connectivity index (χ0) is 24.9. The molecule has 4 rings (SSSR count). The Labute approximate surface area is 203 Å². The Morgan fingerprint density at radius 3 is 2.34 bits per heavy atom. The molecule has 2 heterocycles. The van der Waals surface area contributed by atoms with Crippen molar-refractivity contribution < 1.29 is 14.6 Å². The Kier molecular flexibility index (Phi) is 6.93. The average Bonchev–Trinajstić information content (AvgIpc) is 2.83. The number of aliphatic carboxylic acids is 1. The highest BCUT2D eigenvalue weighted by molar-refractivity contribution is 6.30. The Morgan fingerprint density at radius 1 is 1.03 bits per heavy atom. The third-order valence-electron chi connectivity index (χ3n) is 4.92. The average molecular weight is 494 g/mol. The Balaban J connectivity index is 1.72. The van der Waals surface area contributed by atoms with Crippen LogP contribution >= 0.6 is 11.6 Å². The molecule has 0 bridgehead atoms. The highest BCUT2D eigenvalue weighted by Gasteiger charge is 2.12. The van der Waals surface area contributed by atoms with Crippen molar-refractivity contribution in [2.75, 3.05) is 0 Å². The number of aromatic amines is 1. The molecule has 0 amide bonds. The maximum atomic E-state index is 13.0. The number of aromatic nitrogens is 4. The summed E-state index contributed by atoms with van der Waals surface area (Å²) >= 11 is 5.94. The molecule has 2 N–H and O–H groups in total. The van der Waals surface area contributed by atoms with Crippen molar-refractivity contribution in [1.29, 1.82) is 0 Å². The van der Waals surface area contributed by atoms with E-state index in [0.717, 1.165) is 5.69 Å². The van der Waals surface area contributed by atoms with Crippen LogP contribution < -0.4 is 21.7 Å². The van der Waals surface area contributed by atoms with Gasteiger partial charge in [0.05, 0.1) is 18.4 Å². The lowest BCUT2D eigenvalue weighted by molar-refractivity contribution is -0.137. The summed E-state index contributed by atoms with van der Waals surface area (Å²) in [5.41, 5.74) is 0.297. The number of pyridine rings is 1. The van der Waals surface area contributed by atoms with E-state index in [0.29, 0.717) is 32.3 Å². The van der Waals surface area contributed by atoms with Crippen LogP contribution in [0.3, 0.4) is 0 Å². The quantitative estimate of drug-likeness (QED) is 0.407. The molecule has 0 aliphatic heterocycles. The van der Waals surface area contributed by atoms with Crippen LogP contribution in [0.5, 0.6) is 11.5 Å². The van der Waals surface area contributed by atoms with Gasteiger partial charge in [-0.25, -0.2) is 19.1 Å². The van der Waals surface area contributed by atoms with Gasteiger partial charge >= 0.3 is 17.3 Å². The van der Waals surface area contributed by atoms with Crippen molar-refractivity contribution in [3.8, 4) is 11.5 Å². The van der Waals surface area contributed by atoms with Crippen molar-refractivity contribution in [1.82, 2.24) is 19.1 Å². The zero-order valence-electron chi connectivity index (χ0n) is 18.5. The summed E-state index contributed by atoms with van der Waals surface area (Å²) in [7, 11) is 0. The van der Waals surface area contributed by atoms with Crippen LogP contribution in [-0.2, 0) is 17.9 Å². The summed E-state index contributed by atoms with van der Waals surface area (Å²) in [4.78, 5) is 47.7. The number of hydrogen-bond acceptors (Lipinski definition) is 6. The fourth-order valence-electron chi connectivity index (χ4n) is 3.19. The minimum Gasteiger partial charge on any atom is -0.480 e. The predicted octanol–water partition coefficient (Wildman–Crippen LogP) is 2.85. The molecule has 4 aromatic rings. The standard InChI is InChI=1S/C24H20ClN5O5/c1-15-2-9-20(12-26-15)35-19-10-7-18(8-11-19)27-22-28-23(33)30(14-21(31)32)24(34)29(22)13-16-3-5-17(25)6-4-16/h2-12H,13-14H2,1H3,(H,31,32)(H,27,28,33). The molecule has 0 saturated carbocycles. The Morgan fingerprint density at radius 2 is 1.71 bits per heavy atom. The first-order valence-corrected chi connectivity index (χ1v) is 10.8. The minimum atomic E-state index is -1.32. The van der Waals surface area contributed by atoms with E-state index in [4.69, 9.17) is 21.4 Å². The van der Waals surface area contributed by atoms with E-state index in [2.05, 4.69) is 15.0 Å². The summed E-state index contributed by atoms with van der Waals surface area (Å²) in [6.07, 6.45) is 1.62. The lowest BCUT2D eigenvalue weighted by Gasteiger charge is -2.10. The van der Waals surface area contributed by atoms with Crippen molar-refractivity contribution >= 4 is 23.3 Å². The molecule has 0 aliphatic rings. The SMILES string of the molecule is Cc1ccc(Oc2ccc(/N=c3\[nH]c(=O)n(CC(=O)O)c(=O)n3Cc3ccc(Cl)cc3)cc2)cn1. The number of benzene rings is 2. The van der Waals surface area contributed by atoms with E-state index >= 15 is 0 Å². The molecule has 178 valence electrons. The van der Waals surface area contributed by atoms with Gasteiger partial charge in [-0.05, 0) is 61.0 Å². The molecule has 0 fully saturated rings. The monoisotopic (exact) mass is 493 g/mol. The maximum absolute atomic E-state index is 13.0. The highest BCUT2D eigenvalue weighted by Crippen LogP contribution is 2.23. The molecule has 2 aromatic heterocycles. The third-order valence-corrected chi connectivity index (χ3v) is 5.17. The van der Waals surface area contributed by atoms with E-state index in [1.807, 2.05) is 13.0 Å². The van der Waals surface area contributed by atoms with Crippen LogP contribution in [0, 0.1) is 6.92 Å². The largest absolute Gasteiger partial charge is 0.480 e. The molecule has 0 aliphatic carbocycles. The topological polar surface area (TPSA) is 132 Å². The highest BCUT2D eigenvalue weighted by atomic mass is 35.5. The molecule has 10 nitrogen and oxygen atoms in total. The number of H-pyrrole nitrogens is 1. The zero-order valence-corrected chi connectivity index (χ0v) is 19.3. The van der Waals surface area contributed by atoms with Gasteiger partial charge in [0.2, 0.25) is 5.62 Å². The molecule has 35 heavy (non-hydrogen) atoms. The molecule has 2 aromatic carbocycles. The molecule has 0 atom stereocenters. The second-order valence-electron chi connectivity index (χ2n) is 7.57. The Hall–Kier alpha value is -4.44. The maximum Gasteiger partial charge on any atom is 0.335 e. The fourth-order valence-corrected chi connectivity index (χ4v) is 3.32. The number of nitrogens with one attached hydrogen (secondary N) is 1. The lowest BCUT2D eigenvalue weighted by atomic mass is 10.2. The van der Waals surface area contributed by atoms with Crippen LogP contribution in [0.25, 0.3) is 0 Å². The number of hydrogen-bond donors (Lipinski definition) is 2. The van der Waals surface area contributed by atoms with Gasteiger partial charge in [-0.2, -0.15) is 0 Å². The van der Waals surface area contributed by atoms with Crippen molar-refractivity contribution in [3.05, 3.63) is 110 Å². The number of aryl methyl sites for hydroxylation is 1. The minimum absolute atomic E-state index is 0.0343. The van der Waals surface area contributed by atoms with Crippen LogP contribution in [0.2, 0.25) is 5.02 Å². The first-order chi connectivity index (χ1) is 16.8. The van der Waals surface area contributed by atoms with Gasteiger partial charge in [0.15, 0.2) is 0 Å². The van der Waals surface area contributed by atoms with Crippen molar-refractivity contribution in [2.24, 2.45) is 4.99 Å². The molecule has 11 heteroatoms. The molecular formula is C24H20ClN5O5. The first kappa shape index (κ1) is 23.7. The summed E-state index contributed by atoms with van der Waals surface area (Å²) in [5, 5.41) is 9.63. The molecule has 0 radical (unpaired) electrons. The normalized spacial score (nSPS) is 11.4. The third kappa shape index (κ3) is 5.92. The number of halogens is 1. The summed E-state index contributed by atoms with van der Waals surface area (Å²) in [6.45, 7) is 1.13. The van der Waals surface area contributed by atoms with Gasteiger partial charge in [0.1, 0.15) is 18.0 Å². The van der Waals surface area contributed by atoms with E-state index in [1.54, 1.807) is 60.8 Å². The molecule has 0 unspecified atom stereocenters. The van der Waals surface area contributed by atoms with Crippen molar-refractivity contribution in [2.45, 2.75) is 20.0 Å². The van der Waals surface area contributed by atoms with Crippen LogP contribution in [0.15, 0.2) is 81.4 Å². The first-order valence-electron chi connectivity index (χ1n) is 10.4. The van der Waals surface area contributed by atoms with Gasteiger partial charge in [-0.1, -0.05) is 23.7 Å². The smallest absolute Gasteiger partial charge is 0.335 e. The van der Waals surface area contributed by atoms with E-state index in [1.165, 1.54) is 4.57 Å². The summed E-state index contributed by atoms with van der Waals surface area (Å²) in [5.74, 6) is -0.193. The molecule has 0 saturated heterocycles. The van der Waals surface area contributed by atoms with Crippen LogP contribution in [0.1, 0.15) is 11.3 Å². The predicted molar refractivity (Wildman–Crippen MR) is 128 cm³/mol.